The lowest BCUT2D eigenvalue weighted by molar-refractivity contribution is 0.165. The van der Waals surface area contributed by atoms with Crippen LogP contribution < -0.4 is 0 Å². The van der Waals surface area contributed by atoms with Crippen LogP contribution in [-0.4, -0.2) is 49.8 Å². The standard InChI is InChI=1S/C17H20FN3O2S/c18-15-4-3-6-17(13(15)8-19)24(22,23)21-10-12-9-20-7-2-1-5-16(20)14(12)11-21/h3-4,6,12,14,16H,1-2,5,7,9-11H2/t12-,14-,16-/m0/s1. The van der Waals surface area contributed by atoms with Crippen LogP contribution >= 0.6 is 0 Å². The van der Waals surface area contributed by atoms with Gasteiger partial charge in [0.05, 0.1) is 0 Å². The van der Waals surface area contributed by atoms with E-state index < -0.39 is 15.8 Å². The van der Waals surface area contributed by atoms with Crippen molar-refractivity contribution < 1.29 is 12.8 Å². The van der Waals surface area contributed by atoms with Crippen molar-refractivity contribution in [2.24, 2.45) is 11.8 Å². The Bertz CT molecular complexity index is 805. The SMILES string of the molecule is N#Cc1c(F)cccc1S(=O)(=O)N1C[C@@H]2CN3CCCC[C@H]3[C@H]2C1. The van der Waals surface area contributed by atoms with Gasteiger partial charge in [-0.2, -0.15) is 9.57 Å². The molecule has 0 N–H and O–H groups in total. The van der Waals surface area contributed by atoms with Gasteiger partial charge in [-0.1, -0.05) is 12.5 Å². The normalized spacial score (nSPS) is 30.8. The molecule has 3 heterocycles. The summed E-state index contributed by atoms with van der Waals surface area (Å²) in [5.74, 6) is -0.0717. The van der Waals surface area contributed by atoms with Gasteiger partial charge >= 0.3 is 0 Å². The lowest BCUT2D eigenvalue weighted by atomic mass is 9.90. The molecular weight excluding hydrogens is 329 g/mol. The van der Waals surface area contributed by atoms with Gasteiger partial charge in [0.2, 0.25) is 10.0 Å². The molecule has 3 aliphatic rings. The molecule has 4 rings (SSSR count). The Balaban J connectivity index is 1.62. The van der Waals surface area contributed by atoms with E-state index in [1.807, 2.05) is 0 Å². The molecule has 0 bridgehead atoms. The lowest BCUT2D eigenvalue weighted by Crippen LogP contribution is -2.41. The number of benzene rings is 1. The minimum Gasteiger partial charge on any atom is -0.300 e. The molecule has 3 saturated heterocycles. The number of nitrogens with zero attached hydrogens (tertiary/aromatic N) is 3. The summed E-state index contributed by atoms with van der Waals surface area (Å²) < 4.78 is 41.2. The van der Waals surface area contributed by atoms with Crippen molar-refractivity contribution in [2.75, 3.05) is 26.2 Å². The first kappa shape index (κ1) is 16.0. The highest BCUT2D eigenvalue weighted by molar-refractivity contribution is 7.89. The Morgan fingerprint density at radius 3 is 2.83 bits per heavy atom. The van der Waals surface area contributed by atoms with Crippen molar-refractivity contribution in [3.8, 4) is 6.07 Å². The summed E-state index contributed by atoms with van der Waals surface area (Å²) >= 11 is 0. The van der Waals surface area contributed by atoms with E-state index in [0.29, 0.717) is 31.0 Å². The predicted molar refractivity (Wildman–Crippen MR) is 86.1 cm³/mol. The minimum absolute atomic E-state index is 0.203. The van der Waals surface area contributed by atoms with Crippen molar-refractivity contribution in [3.05, 3.63) is 29.6 Å². The van der Waals surface area contributed by atoms with E-state index in [1.54, 1.807) is 6.07 Å². The van der Waals surface area contributed by atoms with Crippen LogP contribution in [0.4, 0.5) is 4.39 Å². The Hall–Kier alpha value is -1.49. The Kier molecular flexibility index (Phi) is 3.87. The van der Waals surface area contributed by atoms with Crippen LogP contribution in [0.2, 0.25) is 0 Å². The molecule has 24 heavy (non-hydrogen) atoms. The zero-order chi connectivity index (χ0) is 16.9. The molecule has 3 fully saturated rings. The van der Waals surface area contributed by atoms with Crippen LogP contribution in [0.5, 0.6) is 0 Å². The fraction of sp³-hybridized carbons (Fsp3) is 0.588. The van der Waals surface area contributed by atoms with E-state index in [0.717, 1.165) is 25.6 Å². The van der Waals surface area contributed by atoms with Gasteiger partial charge in [-0.25, -0.2) is 12.8 Å². The van der Waals surface area contributed by atoms with Crippen LogP contribution in [0, 0.1) is 29.0 Å². The molecule has 0 amide bonds. The number of fused-ring (bicyclic) bond motifs is 3. The number of hydrogen-bond acceptors (Lipinski definition) is 4. The third-order valence-corrected chi connectivity index (χ3v) is 7.66. The van der Waals surface area contributed by atoms with Gasteiger partial charge in [-0.05, 0) is 43.4 Å². The topological polar surface area (TPSA) is 64.4 Å². The predicted octanol–water partition coefficient (Wildman–Crippen LogP) is 1.80. The summed E-state index contributed by atoms with van der Waals surface area (Å²) in [6.45, 7) is 3.03. The largest absolute Gasteiger partial charge is 0.300 e. The minimum atomic E-state index is -3.83. The van der Waals surface area contributed by atoms with Crippen molar-refractivity contribution in [3.63, 3.8) is 0 Å². The summed E-state index contributed by atoms with van der Waals surface area (Å²) in [6, 6.07) is 5.98. The van der Waals surface area contributed by atoms with Gasteiger partial charge in [0.15, 0.2) is 0 Å². The molecule has 7 heteroatoms. The Morgan fingerprint density at radius 2 is 2.04 bits per heavy atom. The van der Waals surface area contributed by atoms with Crippen molar-refractivity contribution >= 4 is 10.0 Å². The van der Waals surface area contributed by atoms with E-state index in [4.69, 9.17) is 5.26 Å². The molecule has 1 aromatic rings. The molecule has 0 saturated carbocycles. The molecule has 0 radical (unpaired) electrons. The maximum Gasteiger partial charge on any atom is 0.244 e. The van der Waals surface area contributed by atoms with Gasteiger partial charge in [-0.3, -0.25) is 4.90 Å². The molecule has 128 valence electrons. The first-order valence-corrected chi connectivity index (χ1v) is 9.89. The molecule has 0 unspecified atom stereocenters. The average Bonchev–Trinajstić information content (AvgIpc) is 3.12. The summed E-state index contributed by atoms with van der Waals surface area (Å²) in [4.78, 5) is 2.30. The monoisotopic (exact) mass is 349 g/mol. The second kappa shape index (κ2) is 5.80. The molecule has 3 atom stereocenters. The van der Waals surface area contributed by atoms with Crippen molar-refractivity contribution in [2.45, 2.75) is 30.2 Å². The van der Waals surface area contributed by atoms with Crippen LogP contribution in [0.15, 0.2) is 23.1 Å². The number of piperidine rings is 1. The summed E-state index contributed by atoms with van der Waals surface area (Å²) in [7, 11) is -3.83. The zero-order valence-corrected chi connectivity index (χ0v) is 14.2. The van der Waals surface area contributed by atoms with Crippen LogP contribution in [0.1, 0.15) is 24.8 Å². The van der Waals surface area contributed by atoms with E-state index in [9.17, 15) is 12.8 Å². The van der Waals surface area contributed by atoms with Gasteiger partial charge < -0.3 is 0 Å². The van der Waals surface area contributed by atoms with Crippen LogP contribution in [0.3, 0.4) is 0 Å². The lowest BCUT2D eigenvalue weighted by Gasteiger charge is -2.33. The average molecular weight is 349 g/mol. The van der Waals surface area contributed by atoms with E-state index in [2.05, 4.69) is 4.90 Å². The first-order chi connectivity index (χ1) is 11.5. The number of halogens is 1. The van der Waals surface area contributed by atoms with E-state index >= 15 is 0 Å². The second-order valence-corrected chi connectivity index (χ2v) is 8.94. The van der Waals surface area contributed by atoms with Gasteiger partial charge in [0, 0.05) is 25.7 Å². The molecule has 3 aliphatic heterocycles. The van der Waals surface area contributed by atoms with Crippen LogP contribution in [0.25, 0.3) is 0 Å². The highest BCUT2D eigenvalue weighted by Crippen LogP contribution is 2.42. The zero-order valence-electron chi connectivity index (χ0n) is 13.4. The molecular formula is C17H20FN3O2S. The first-order valence-electron chi connectivity index (χ1n) is 8.45. The maximum atomic E-state index is 13.8. The van der Waals surface area contributed by atoms with Gasteiger partial charge in [-0.15, -0.1) is 0 Å². The molecule has 1 aromatic carbocycles. The number of nitriles is 1. The summed E-state index contributed by atoms with van der Waals surface area (Å²) in [5.41, 5.74) is -0.381. The van der Waals surface area contributed by atoms with Gasteiger partial charge in [0.25, 0.3) is 0 Å². The number of sulfonamides is 1. The van der Waals surface area contributed by atoms with Crippen molar-refractivity contribution in [1.29, 1.82) is 5.26 Å². The fourth-order valence-corrected chi connectivity index (χ4v) is 6.36. The number of hydrogen-bond donors (Lipinski definition) is 0. The van der Waals surface area contributed by atoms with Crippen LogP contribution in [-0.2, 0) is 10.0 Å². The third-order valence-electron chi connectivity index (χ3n) is 5.79. The Morgan fingerprint density at radius 1 is 1.21 bits per heavy atom. The molecule has 0 aromatic heterocycles. The quantitative estimate of drug-likeness (QED) is 0.817. The molecule has 0 aliphatic carbocycles. The summed E-state index contributed by atoms with van der Waals surface area (Å²) in [6.07, 6.45) is 3.57. The van der Waals surface area contributed by atoms with E-state index in [-0.39, 0.29) is 10.5 Å². The van der Waals surface area contributed by atoms with Crippen molar-refractivity contribution in [1.82, 2.24) is 9.21 Å². The highest BCUT2D eigenvalue weighted by Gasteiger charge is 2.50. The molecule has 5 nitrogen and oxygen atoms in total. The summed E-state index contributed by atoms with van der Waals surface area (Å²) in [5, 5.41) is 9.14. The smallest absolute Gasteiger partial charge is 0.244 e. The molecule has 0 spiro atoms. The van der Waals surface area contributed by atoms with E-state index in [1.165, 1.54) is 29.3 Å². The van der Waals surface area contributed by atoms with Gasteiger partial charge in [0.1, 0.15) is 22.3 Å². The maximum absolute atomic E-state index is 13.8. The highest BCUT2D eigenvalue weighted by atomic mass is 32.2. The third kappa shape index (κ3) is 2.36. The Labute approximate surface area is 141 Å². The fourth-order valence-electron chi connectivity index (χ4n) is 4.68. The second-order valence-electron chi connectivity index (χ2n) is 7.03. The number of rotatable bonds is 2.